The minimum Gasteiger partial charge on any atom is -0.477 e. The van der Waals surface area contributed by atoms with E-state index < -0.39 is 0 Å². The van der Waals surface area contributed by atoms with E-state index in [4.69, 9.17) is 4.74 Å². The van der Waals surface area contributed by atoms with Gasteiger partial charge in [0.05, 0.1) is 19.0 Å². The number of hydrogen-bond acceptors (Lipinski definition) is 5. The molecule has 0 spiro atoms. The molecule has 1 aromatic rings. The van der Waals surface area contributed by atoms with Crippen LogP contribution in [0.25, 0.3) is 0 Å². The Balaban J connectivity index is 1.99. The minimum absolute atomic E-state index is 0.250. The molecule has 1 N–H and O–H groups in total. The summed E-state index contributed by atoms with van der Waals surface area (Å²) in [6.07, 6.45) is 6.72. The van der Waals surface area contributed by atoms with Crippen molar-refractivity contribution in [2.75, 3.05) is 31.6 Å². The van der Waals surface area contributed by atoms with Crippen molar-refractivity contribution in [1.82, 2.24) is 15.3 Å². The fraction of sp³-hybridized carbons (Fsp3) is 0.714. The second-order valence-corrected chi connectivity index (χ2v) is 5.36. The van der Waals surface area contributed by atoms with Gasteiger partial charge in [-0.25, -0.2) is 0 Å². The Hall–Kier alpha value is -1.36. The second kappa shape index (κ2) is 6.19. The van der Waals surface area contributed by atoms with Gasteiger partial charge in [-0.3, -0.25) is 4.98 Å². The van der Waals surface area contributed by atoms with Crippen LogP contribution in [0.15, 0.2) is 12.4 Å². The molecule has 1 saturated heterocycles. The average Bonchev–Trinajstić information content (AvgIpc) is 2.46. The summed E-state index contributed by atoms with van der Waals surface area (Å²) in [7, 11) is 2.04. The predicted molar refractivity (Wildman–Crippen MR) is 76.7 cm³/mol. The van der Waals surface area contributed by atoms with Gasteiger partial charge in [0.2, 0.25) is 5.88 Å². The minimum atomic E-state index is 0.250. The number of ether oxygens (including phenoxy) is 1. The zero-order valence-corrected chi connectivity index (χ0v) is 12.1. The first-order valence-electron chi connectivity index (χ1n) is 7.05. The average molecular weight is 264 g/mol. The summed E-state index contributed by atoms with van der Waals surface area (Å²) in [4.78, 5) is 11.0. The Kier molecular flexibility index (Phi) is 4.58. The van der Waals surface area contributed by atoms with E-state index in [1.54, 1.807) is 6.20 Å². The Labute approximate surface area is 115 Å². The number of rotatable bonds is 5. The Morgan fingerprint density at radius 3 is 2.74 bits per heavy atom. The van der Waals surface area contributed by atoms with Crippen molar-refractivity contribution < 1.29 is 4.74 Å². The summed E-state index contributed by atoms with van der Waals surface area (Å²) in [5.74, 6) is 1.55. The van der Waals surface area contributed by atoms with Crippen molar-refractivity contribution in [3.05, 3.63) is 12.4 Å². The molecule has 0 saturated carbocycles. The fourth-order valence-corrected chi connectivity index (χ4v) is 2.25. The molecule has 2 rings (SSSR count). The van der Waals surface area contributed by atoms with Gasteiger partial charge in [0, 0.05) is 18.6 Å². The van der Waals surface area contributed by atoms with Crippen molar-refractivity contribution in [1.29, 1.82) is 0 Å². The third kappa shape index (κ3) is 3.56. The van der Waals surface area contributed by atoms with Crippen molar-refractivity contribution in [2.45, 2.75) is 38.6 Å². The van der Waals surface area contributed by atoms with E-state index in [0.29, 0.717) is 12.5 Å². The molecule has 0 aromatic carbocycles. The zero-order chi connectivity index (χ0) is 13.7. The molecule has 1 aliphatic heterocycles. The van der Waals surface area contributed by atoms with E-state index in [9.17, 15) is 0 Å². The highest BCUT2D eigenvalue weighted by Gasteiger charge is 2.28. The molecular weight excluding hydrogens is 240 g/mol. The van der Waals surface area contributed by atoms with Crippen molar-refractivity contribution in [3.8, 4) is 5.88 Å². The van der Waals surface area contributed by atoms with E-state index in [2.05, 4.69) is 34.0 Å². The Morgan fingerprint density at radius 1 is 1.37 bits per heavy atom. The molecule has 19 heavy (non-hydrogen) atoms. The van der Waals surface area contributed by atoms with Gasteiger partial charge >= 0.3 is 0 Å². The molecule has 5 nitrogen and oxygen atoms in total. The van der Waals surface area contributed by atoms with Crippen LogP contribution in [0.4, 0.5) is 5.82 Å². The number of anilines is 1. The summed E-state index contributed by atoms with van der Waals surface area (Å²) < 4.78 is 5.54. The zero-order valence-electron chi connectivity index (χ0n) is 12.1. The molecule has 106 valence electrons. The van der Waals surface area contributed by atoms with E-state index in [0.717, 1.165) is 38.2 Å². The topological polar surface area (TPSA) is 50.3 Å². The lowest BCUT2D eigenvalue weighted by Crippen LogP contribution is -2.50. The highest BCUT2D eigenvalue weighted by atomic mass is 16.5. The molecule has 2 heterocycles. The SMILES string of the molecule is CCCOc1cncc(N2CCC(C)(NC)CC2)n1. The first kappa shape index (κ1) is 14.1. The fourth-order valence-electron chi connectivity index (χ4n) is 2.25. The maximum absolute atomic E-state index is 5.54. The van der Waals surface area contributed by atoms with Crippen molar-refractivity contribution >= 4 is 5.82 Å². The smallest absolute Gasteiger partial charge is 0.234 e. The van der Waals surface area contributed by atoms with E-state index in [1.807, 2.05) is 13.2 Å². The van der Waals surface area contributed by atoms with Gasteiger partial charge in [-0.1, -0.05) is 6.92 Å². The van der Waals surface area contributed by atoms with Crippen LogP contribution < -0.4 is 15.0 Å². The van der Waals surface area contributed by atoms with Crippen LogP contribution >= 0.6 is 0 Å². The molecule has 0 unspecified atom stereocenters. The molecule has 0 radical (unpaired) electrons. The number of piperidine rings is 1. The quantitative estimate of drug-likeness (QED) is 0.879. The molecule has 0 amide bonds. The molecule has 1 aliphatic rings. The summed E-state index contributed by atoms with van der Waals surface area (Å²) in [5.41, 5.74) is 0.250. The molecule has 1 aromatic heterocycles. The van der Waals surface area contributed by atoms with Crippen molar-refractivity contribution in [3.63, 3.8) is 0 Å². The first-order chi connectivity index (χ1) is 9.17. The number of aromatic nitrogens is 2. The van der Waals surface area contributed by atoms with Gasteiger partial charge in [-0.15, -0.1) is 0 Å². The van der Waals surface area contributed by atoms with E-state index >= 15 is 0 Å². The molecular formula is C14H24N4O. The second-order valence-electron chi connectivity index (χ2n) is 5.36. The molecule has 5 heteroatoms. The van der Waals surface area contributed by atoms with Gasteiger partial charge in [0.25, 0.3) is 0 Å². The van der Waals surface area contributed by atoms with Gasteiger partial charge in [-0.2, -0.15) is 4.98 Å². The van der Waals surface area contributed by atoms with Gasteiger partial charge < -0.3 is 15.0 Å². The third-order valence-electron chi connectivity index (χ3n) is 3.85. The monoisotopic (exact) mass is 264 g/mol. The van der Waals surface area contributed by atoms with E-state index in [1.165, 1.54) is 0 Å². The van der Waals surface area contributed by atoms with Gasteiger partial charge in [-0.05, 0) is 33.2 Å². The maximum atomic E-state index is 5.54. The molecule has 0 aliphatic carbocycles. The number of hydrogen-bond donors (Lipinski definition) is 1. The summed E-state index contributed by atoms with van der Waals surface area (Å²) >= 11 is 0. The lowest BCUT2D eigenvalue weighted by molar-refractivity contribution is 0.297. The van der Waals surface area contributed by atoms with Gasteiger partial charge in [0.15, 0.2) is 5.82 Å². The lowest BCUT2D eigenvalue weighted by atomic mass is 9.90. The van der Waals surface area contributed by atoms with Crippen LogP contribution in [0, 0.1) is 0 Å². The number of nitrogens with zero attached hydrogens (tertiary/aromatic N) is 3. The molecule has 0 atom stereocenters. The van der Waals surface area contributed by atoms with Crippen LogP contribution in [0.2, 0.25) is 0 Å². The Bertz CT molecular complexity index is 402. The normalized spacial score (nSPS) is 18.4. The summed E-state index contributed by atoms with van der Waals surface area (Å²) in [5, 5.41) is 3.40. The predicted octanol–water partition coefficient (Wildman–Crippen LogP) is 1.84. The molecule has 1 fully saturated rings. The highest BCUT2D eigenvalue weighted by molar-refractivity contribution is 5.38. The maximum Gasteiger partial charge on any atom is 0.234 e. The van der Waals surface area contributed by atoms with E-state index in [-0.39, 0.29) is 5.54 Å². The molecule has 0 bridgehead atoms. The lowest BCUT2D eigenvalue weighted by Gasteiger charge is -2.39. The first-order valence-corrected chi connectivity index (χ1v) is 7.05. The van der Waals surface area contributed by atoms with Crippen LogP contribution in [0.3, 0.4) is 0 Å². The van der Waals surface area contributed by atoms with Crippen LogP contribution in [0.1, 0.15) is 33.1 Å². The van der Waals surface area contributed by atoms with Crippen LogP contribution in [-0.4, -0.2) is 42.3 Å². The number of nitrogens with one attached hydrogen (secondary N) is 1. The largest absolute Gasteiger partial charge is 0.477 e. The highest BCUT2D eigenvalue weighted by Crippen LogP contribution is 2.25. The van der Waals surface area contributed by atoms with Gasteiger partial charge in [0.1, 0.15) is 0 Å². The Morgan fingerprint density at radius 2 is 2.11 bits per heavy atom. The summed E-state index contributed by atoms with van der Waals surface area (Å²) in [6, 6.07) is 0. The van der Waals surface area contributed by atoms with Crippen LogP contribution in [0.5, 0.6) is 5.88 Å². The summed E-state index contributed by atoms with van der Waals surface area (Å²) in [6.45, 7) is 7.06. The van der Waals surface area contributed by atoms with Crippen molar-refractivity contribution in [2.24, 2.45) is 0 Å². The third-order valence-corrected chi connectivity index (χ3v) is 3.85. The van der Waals surface area contributed by atoms with Crippen LogP contribution in [-0.2, 0) is 0 Å². The standard InChI is InChI=1S/C14H24N4O/c1-4-9-19-13-11-16-10-12(17-13)18-7-5-14(2,15-3)6-8-18/h10-11,15H,4-9H2,1-3H3.